The van der Waals surface area contributed by atoms with Crippen LogP contribution in [-0.2, 0) is 5.75 Å². The van der Waals surface area contributed by atoms with Gasteiger partial charge in [-0.15, -0.1) is 11.8 Å². The van der Waals surface area contributed by atoms with Crippen molar-refractivity contribution in [3.8, 4) is 0 Å². The Labute approximate surface area is 130 Å². The summed E-state index contributed by atoms with van der Waals surface area (Å²) in [5.41, 5.74) is 1.31. The van der Waals surface area contributed by atoms with Crippen molar-refractivity contribution in [3.05, 3.63) is 41.5 Å². The van der Waals surface area contributed by atoms with Crippen LogP contribution in [0, 0.1) is 0 Å². The highest BCUT2D eigenvalue weighted by Crippen LogP contribution is 2.24. The summed E-state index contributed by atoms with van der Waals surface area (Å²) in [4.78, 5) is 5.61. The van der Waals surface area contributed by atoms with Crippen LogP contribution < -0.4 is 5.32 Å². The summed E-state index contributed by atoms with van der Waals surface area (Å²) < 4.78 is 5.21. The quantitative estimate of drug-likeness (QED) is 0.779. The van der Waals surface area contributed by atoms with Gasteiger partial charge in [-0.1, -0.05) is 38.1 Å². The van der Waals surface area contributed by atoms with Crippen molar-refractivity contribution in [1.29, 1.82) is 0 Å². The van der Waals surface area contributed by atoms with Crippen molar-refractivity contribution < 1.29 is 4.52 Å². The minimum absolute atomic E-state index is 0.281. The van der Waals surface area contributed by atoms with Gasteiger partial charge in [-0.25, -0.2) is 0 Å². The topological polar surface area (TPSA) is 51.0 Å². The van der Waals surface area contributed by atoms with Crippen LogP contribution in [-0.4, -0.2) is 16.7 Å². The standard InChI is InChI=1S/C16H23N3OS/c1-5-17-12(4)13-6-8-14(9-7-13)21-10-15-18-16(11(2)3)20-19-15/h6-9,11-12,17H,5,10H2,1-4H3. The van der Waals surface area contributed by atoms with Crippen molar-refractivity contribution >= 4 is 11.8 Å². The van der Waals surface area contributed by atoms with Crippen LogP contribution in [0.1, 0.15) is 56.9 Å². The van der Waals surface area contributed by atoms with Gasteiger partial charge in [0.25, 0.3) is 0 Å². The first kappa shape index (κ1) is 16.0. The first-order valence-corrected chi connectivity index (χ1v) is 8.37. The molecule has 0 saturated heterocycles. The molecule has 5 heteroatoms. The van der Waals surface area contributed by atoms with Crippen molar-refractivity contribution in [2.24, 2.45) is 0 Å². The van der Waals surface area contributed by atoms with Crippen molar-refractivity contribution in [3.63, 3.8) is 0 Å². The summed E-state index contributed by atoms with van der Waals surface area (Å²) in [6.07, 6.45) is 0. The van der Waals surface area contributed by atoms with Crippen LogP contribution >= 0.6 is 11.8 Å². The van der Waals surface area contributed by atoms with E-state index < -0.39 is 0 Å². The number of aromatic nitrogens is 2. The van der Waals surface area contributed by atoms with Gasteiger partial charge in [-0.3, -0.25) is 0 Å². The lowest BCUT2D eigenvalue weighted by Gasteiger charge is -2.12. The number of hydrogen-bond acceptors (Lipinski definition) is 5. The number of nitrogens with zero attached hydrogens (tertiary/aromatic N) is 2. The molecule has 0 amide bonds. The van der Waals surface area contributed by atoms with Crippen LogP contribution in [0.4, 0.5) is 0 Å². The third kappa shape index (κ3) is 4.58. The largest absolute Gasteiger partial charge is 0.339 e. The molecule has 0 saturated carbocycles. The second kappa shape index (κ2) is 7.61. The molecular formula is C16H23N3OS. The molecule has 0 aliphatic carbocycles. The molecule has 4 nitrogen and oxygen atoms in total. The summed E-state index contributed by atoms with van der Waals surface area (Å²) in [5, 5.41) is 7.42. The Morgan fingerprint density at radius 3 is 2.48 bits per heavy atom. The average molecular weight is 305 g/mol. The lowest BCUT2D eigenvalue weighted by Crippen LogP contribution is -2.17. The molecule has 1 aromatic carbocycles. The number of thioether (sulfide) groups is 1. The van der Waals surface area contributed by atoms with Crippen molar-refractivity contribution in [2.75, 3.05) is 6.54 Å². The number of rotatable bonds is 7. The molecule has 0 bridgehead atoms. The van der Waals surface area contributed by atoms with E-state index in [4.69, 9.17) is 4.52 Å². The lowest BCUT2D eigenvalue weighted by atomic mass is 10.1. The Morgan fingerprint density at radius 2 is 1.90 bits per heavy atom. The third-order valence-corrected chi connectivity index (χ3v) is 4.24. The van der Waals surface area contributed by atoms with E-state index >= 15 is 0 Å². The molecule has 2 rings (SSSR count). The minimum Gasteiger partial charge on any atom is -0.339 e. The smallest absolute Gasteiger partial charge is 0.229 e. The normalized spacial score (nSPS) is 12.8. The molecule has 21 heavy (non-hydrogen) atoms. The monoisotopic (exact) mass is 305 g/mol. The third-order valence-electron chi connectivity index (χ3n) is 3.24. The zero-order valence-electron chi connectivity index (χ0n) is 13.1. The van der Waals surface area contributed by atoms with Gasteiger partial charge >= 0.3 is 0 Å². The Morgan fingerprint density at radius 1 is 1.19 bits per heavy atom. The van der Waals surface area contributed by atoms with Gasteiger partial charge in [-0.05, 0) is 31.2 Å². The molecule has 1 N–H and O–H groups in total. The fourth-order valence-corrected chi connectivity index (χ4v) is 2.73. The Balaban J connectivity index is 1.91. The van der Waals surface area contributed by atoms with Crippen molar-refractivity contribution in [1.82, 2.24) is 15.5 Å². The van der Waals surface area contributed by atoms with Crippen LogP contribution in [0.3, 0.4) is 0 Å². The Kier molecular flexibility index (Phi) is 5.82. The SMILES string of the molecule is CCNC(C)c1ccc(SCc2noc(C(C)C)n2)cc1. The molecule has 1 heterocycles. The highest BCUT2D eigenvalue weighted by atomic mass is 32.2. The molecule has 1 atom stereocenters. The Hall–Kier alpha value is -1.33. The second-order valence-corrected chi connectivity index (χ2v) is 6.39. The van der Waals surface area contributed by atoms with Crippen LogP contribution in [0.25, 0.3) is 0 Å². The van der Waals surface area contributed by atoms with Gasteiger partial charge in [0.1, 0.15) is 0 Å². The number of nitrogens with one attached hydrogen (secondary N) is 1. The molecule has 114 valence electrons. The van der Waals surface area contributed by atoms with E-state index in [9.17, 15) is 0 Å². The summed E-state index contributed by atoms with van der Waals surface area (Å²) in [5.74, 6) is 2.48. The predicted molar refractivity (Wildman–Crippen MR) is 86.5 cm³/mol. The van der Waals surface area contributed by atoms with Gasteiger partial charge < -0.3 is 9.84 Å². The Bertz CT molecular complexity index is 551. The molecule has 0 spiro atoms. The molecule has 0 aliphatic heterocycles. The fourth-order valence-electron chi connectivity index (χ4n) is 1.99. The minimum atomic E-state index is 0.281. The van der Waals surface area contributed by atoms with Gasteiger partial charge in [0, 0.05) is 16.9 Å². The summed E-state index contributed by atoms with van der Waals surface area (Å²) in [7, 11) is 0. The van der Waals surface area contributed by atoms with E-state index in [0.29, 0.717) is 11.9 Å². The van der Waals surface area contributed by atoms with Gasteiger partial charge in [0.05, 0.1) is 5.75 Å². The van der Waals surface area contributed by atoms with Gasteiger partial charge in [0.2, 0.25) is 5.89 Å². The maximum atomic E-state index is 5.21. The summed E-state index contributed by atoms with van der Waals surface area (Å²) in [6.45, 7) is 9.38. The molecule has 0 fully saturated rings. The second-order valence-electron chi connectivity index (χ2n) is 5.34. The van der Waals surface area contributed by atoms with E-state index in [0.717, 1.165) is 18.1 Å². The first-order valence-electron chi connectivity index (χ1n) is 7.38. The molecular weight excluding hydrogens is 282 g/mol. The molecule has 1 unspecified atom stereocenters. The van der Waals surface area contributed by atoms with Gasteiger partial charge in [-0.2, -0.15) is 4.98 Å². The number of benzene rings is 1. The summed E-state index contributed by atoms with van der Waals surface area (Å²) >= 11 is 1.73. The van der Waals surface area contributed by atoms with Crippen LogP contribution in [0.5, 0.6) is 0 Å². The maximum absolute atomic E-state index is 5.21. The van der Waals surface area contributed by atoms with E-state index in [1.807, 2.05) is 0 Å². The van der Waals surface area contributed by atoms with Gasteiger partial charge in [0.15, 0.2) is 5.82 Å². The summed E-state index contributed by atoms with van der Waals surface area (Å²) in [6, 6.07) is 9.03. The van der Waals surface area contributed by atoms with E-state index in [1.54, 1.807) is 11.8 Å². The van der Waals surface area contributed by atoms with E-state index in [-0.39, 0.29) is 5.92 Å². The maximum Gasteiger partial charge on any atom is 0.229 e. The zero-order chi connectivity index (χ0) is 15.2. The van der Waals surface area contributed by atoms with Crippen LogP contribution in [0.2, 0.25) is 0 Å². The van der Waals surface area contributed by atoms with Crippen molar-refractivity contribution in [2.45, 2.75) is 50.3 Å². The molecule has 2 aromatic rings. The lowest BCUT2D eigenvalue weighted by molar-refractivity contribution is 0.362. The highest BCUT2D eigenvalue weighted by Gasteiger charge is 2.10. The zero-order valence-corrected chi connectivity index (χ0v) is 13.9. The molecule has 0 aliphatic rings. The highest BCUT2D eigenvalue weighted by molar-refractivity contribution is 7.98. The average Bonchev–Trinajstić information content (AvgIpc) is 2.95. The predicted octanol–water partition coefficient (Wildman–Crippen LogP) is 4.16. The van der Waals surface area contributed by atoms with Crippen LogP contribution in [0.15, 0.2) is 33.7 Å². The van der Waals surface area contributed by atoms with E-state index in [1.165, 1.54) is 10.5 Å². The van der Waals surface area contributed by atoms with E-state index in [2.05, 4.69) is 67.4 Å². The molecule has 0 radical (unpaired) electrons. The fraction of sp³-hybridized carbons (Fsp3) is 0.500. The molecule has 1 aromatic heterocycles. The first-order chi connectivity index (χ1) is 10.1. The number of hydrogen-bond donors (Lipinski definition) is 1.